The summed E-state index contributed by atoms with van der Waals surface area (Å²) in [5.74, 6) is 6.97. The second-order valence-electron chi connectivity index (χ2n) is 4.88. The van der Waals surface area contributed by atoms with Crippen molar-refractivity contribution in [1.29, 1.82) is 0 Å². The van der Waals surface area contributed by atoms with Crippen molar-refractivity contribution in [3.63, 3.8) is 0 Å². The Morgan fingerprint density at radius 2 is 1.45 bits per heavy atom. The second kappa shape index (κ2) is 9.17. The normalized spacial score (nSPS) is 13.1. The van der Waals surface area contributed by atoms with Crippen LogP contribution in [0.1, 0.15) is 50.2 Å². The average molecular weight is 306 g/mol. The van der Waals surface area contributed by atoms with Crippen molar-refractivity contribution in [2.75, 3.05) is 20.1 Å². The maximum absolute atomic E-state index is 5.79. The molecule has 0 saturated heterocycles. The van der Waals surface area contributed by atoms with Crippen molar-refractivity contribution in [1.82, 2.24) is 14.9 Å². The Kier molecular flexibility index (Phi) is 7.56. The molecule has 2 rings (SSSR count). The molecule has 0 amide bonds. The molecule has 2 unspecified atom stereocenters. The first-order valence-electron chi connectivity index (χ1n) is 7.34. The van der Waals surface area contributed by atoms with Gasteiger partial charge >= 0.3 is 0 Å². The highest BCUT2D eigenvalue weighted by atomic mass is 16.5. The zero-order chi connectivity index (χ0) is 16.5. The minimum atomic E-state index is -0.176. The van der Waals surface area contributed by atoms with Crippen molar-refractivity contribution < 1.29 is 9.47 Å². The van der Waals surface area contributed by atoms with Crippen LogP contribution in [0.25, 0.3) is 0 Å². The third kappa shape index (κ3) is 4.82. The summed E-state index contributed by atoms with van der Waals surface area (Å²) in [5.41, 5.74) is 1.41. The van der Waals surface area contributed by atoms with Crippen molar-refractivity contribution in [2.24, 2.45) is 0 Å². The Morgan fingerprint density at radius 3 is 1.77 bits per heavy atom. The predicted octanol–water partition coefficient (Wildman–Crippen LogP) is 2.66. The lowest BCUT2D eigenvalue weighted by Crippen LogP contribution is -2.20. The first-order chi connectivity index (χ1) is 10.5. The molecule has 0 radical (unpaired) electrons. The molecule has 2 atom stereocenters. The highest BCUT2D eigenvalue weighted by Gasteiger charge is 2.19. The third-order valence-corrected chi connectivity index (χ3v) is 3.43. The Balaban J connectivity index is 0.000000255. The molecule has 2 N–H and O–H groups in total. The maximum Gasteiger partial charge on any atom is 0.180 e. The summed E-state index contributed by atoms with van der Waals surface area (Å²) < 4.78 is 11.6. The molecule has 0 bridgehead atoms. The van der Waals surface area contributed by atoms with E-state index in [4.69, 9.17) is 15.3 Å². The standard InChI is InChI=1S/C8H16N4O2.C8H10/c1-5(13-3)7-10-11-8(12(7)9)6(2)14-4;1-2-8-6-4-3-5-7-8/h5-6H,9H2,1-4H3;3-7H,2H2,1H3. The molecular formula is C16H26N4O2. The van der Waals surface area contributed by atoms with E-state index < -0.39 is 0 Å². The van der Waals surface area contributed by atoms with Crippen LogP contribution >= 0.6 is 0 Å². The number of hydrogen-bond donors (Lipinski definition) is 1. The van der Waals surface area contributed by atoms with Crippen LogP contribution in [0.15, 0.2) is 30.3 Å². The van der Waals surface area contributed by atoms with Crippen molar-refractivity contribution in [3.8, 4) is 0 Å². The van der Waals surface area contributed by atoms with Gasteiger partial charge < -0.3 is 15.3 Å². The van der Waals surface area contributed by atoms with E-state index in [0.29, 0.717) is 11.6 Å². The van der Waals surface area contributed by atoms with E-state index in [0.717, 1.165) is 6.42 Å². The van der Waals surface area contributed by atoms with Gasteiger partial charge in [0, 0.05) is 14.2 Å². The number of hydrogen-bond acceptors (Lipinski definition) is 5. The fourth-order valence-corrected chi connectivity index (χ4v) is 1.80. The number of nitrogens with zero attached hydrogens (tertiary/aromatic N) is 3. The first-order valence-corrected chi connectivity index (χ1v) is 7.34. The van der Waals surface area contributed by atoms with Gasteiger partial charge in [0.1, 0.15) is 12.2 Å². The summed E-state index contributed by atoms with van der Waals surface area (Å²) in [6, 6.07) is 10.5. The molecule has 0 aliphatic heterocycles. The largest absolute Gasteiger partial charge is 0.374 e. The van der Waals surface area contributed by atoms with E-state index in [-0.39, 0.29) is 12.2 Å². The summed E-state index contributed by atoms with van der Waals surface area (Å²) in [4.78, 5) is 0. The number of aryl methyl sites for hydroxylation is 1. The van der Waals surface area contributed by atoms with Gasteiger partial charge in [-0.3, -0.25) is 0 Å². The number of nitrogens with two attached hydrogens (primary N) is 1. The van der Waals surface area contributed by atoms with Crippen LogP contribution in [0.3, 0.4) is 0 Å². The number of methoxy groups -OCH3 is 2. The van der Waals surface area contributed by atoms with Crippen LogP contribution in [0.2, 0.25) is 0 Å². The Morgan fingerprint density at radius 1 is 1.00 bits per heavy atom. The van der Waals surface area contributed by atoms with E-state index in [1.54, 1.807) is 14.2 Å². The number of rotatable bonds is 5. The van der Waals surface area contributed by atoms with E-state index in [2.05, 4.69) is 41.4 Å². The zero-order valence-corrected chi connectivity index (χ0v) is 14.0. The molecule has 0 aliphatic carbocycles. The molecule has 0 aliphatic rings. The maximum atomic E-state index is 5.79. The van der Waals surface area contributed by atoms with Crippen LogP contribution in [0.5, 0.6) is 0 Å². The number of benzene rings is 1. The average Bonchev–Trinajstić information content (AvgIpc) is 2.96. The lowest BCUT2D eigenvalue weighted by atomic mass is 10.2. The third-order valence-electron chi connectivity index (χ3n) is 3.43. The Hall–Kier alpha value is -1.92. The fraction of sp³-hybridized carbons (Fsp3) is 0.500. The molecule has 22 heavy (non-hydrogen) atoms. The predicted molar refractivity (Wildman–Crippen MR) is 86.8 cm³/mol. The Labute approximate surface area is 132 Å². The molecule has 122 valence electrons. The van der Waals surface area contributed by atoms with Crippen LogP contribution in [-0.2, 0) is 15.9 Å². The summed E-state index contributed by atoms with van der Waals surface area (Å²) in [6.07, 6.45) is 0.788. The fourth-order valence-electron chi connectivity index (χ4n) is 1.80. The van der Waals surface area contributed by atoms with Gasteiger partial charge in [-0.1, -0.05) is 37.3 Å². The Bertz CT molecular complexity index is 515. The van der Waals surface area contributed by atoms with Crippen molar-refractivity contribution >= 4 is 0 Å². The summed E-state index contributed by atoms with van der Waals surface area (Å²) >= 11 is 0. The first kappa shape index (κ1) is 18.1. The molecule has 2 aromatic rings. The van der Waals surface area contributed by atoms with Crippen molar-refractivity contribution in [2.45, 2.75) is 39.4 Å². The van der Waals surface area contributed by atoms with E-state index >= 15 is 0 Å². The molecule has 1 heterocycles. The highest BCUT2D eigenvalue weighted by Crippen LogP contribution is 2.17. The summed E-state index contributed by atoms with van der Waals surface area (Å²) in [7, 11) is 3.19. The summed E-state index contributed by atoms with van der Waals surface area (Å²) in [5, 5.41) is 7.88. The molecule has 6 nitrogen and oxygen atoms in total. The van der Waals surface area contributed by atoms with Gasteiger partial charge in [0.25, 0.3) is 0 Å². The molecule has 6 heteroatoms. The SMILES string of the molecule is CCc1ccccc1.COC(C)c1nnc(C(C)OC)n1N. The molecule has 1 aromatic heterocycles. The smallest absolute Gasteiger partial charge is 0.180 e. The summed E-state index contributed by atoms with van der Waals surface area (Å²) in [6.45, 7) is 5.87. The quantitative estimate of drug-likeness (QED) is 0.860. The van der Waals surface area contributed by atoms with Gasteiger partial charge in [0.2, 0.25) is 0 Å². The van der Waals surface area contributed by atoms with Gasteiger partial charge in [-0.25, -0.2) is 4.68 Å². The molecule has 1 aromatic carbocycles. The van der Waals surface area contributed by atoms with Gasteiger partial charge in [-0.05, 0) is 25.8 Å². The van der Waals surface area contributed by atoms with Crippen LogP contribution < -0.4 is 5.84 Å². The minimum absolute atomic E-state index is 0.176. The van der Waals surface area contributed by atoms with Crippen LogP contribution in [-0.4, -0.2) is 29.1 Å². The van der Waals surface area contributed by atoms with E-state index in [1.165, 1.54) is 10.2 Å². The molecule has 0 fully saturated rings. The monoisotopic (exact) mass is 306 g/mol. The molecule has 0 spiro atoms. The lowest BCUT2D eigenvalue weighted by Gasteiger charge is -2.11. The topological polar surface area (TPSA) is 75.2 Å². The van der Waals surface area contributed by atoms with Crippen LogP contribution in [0.4, 0.5) is 0 Å². The lowest BCUT2D eigenvalue weighted by molar-refractivity contribution is 0.102. The van der Waals surface area contributed by atoms with Crippen LogP contribution in [0, 0.1) is 0 Å². The van der Waals surface area contributed by atoms with Gasteiger partial charge in [-0.2, -0.15) is 0 Å². The molecule has 0 saturated carbocycles. The number of ether oxygens (including phenoxy) is 2. The van der Waals surface area contributed by atoms with Gasteiger partial charge in [0.05, 0.1) is 0 Å². The number of nitrogen functional groups attached to an aromatic ring is 1. The van der Waals surface area contributed by atoms with E-state index in [9.17, 15) is 0 Å². The van der Waals surface area contributed by atoms with Crippen molar-refractivity contribution in [3.05, 3.63) is 47.5 Å². The highest BCUT2D eigenvalue weighted by molar-refractivity contribution is 5.13. The molecular weight excluding hydrogens is 280 g/mol. The number of aromatic nitrogens is 3. The zero-order valence-electron chi connectivity index (χ0n) is 14.0. The minimum Gasteiger partial charge on any atom is -0.374 e. The second-order valence-corrected chi connectivity index (χ2v) is 4.88. The van der Waals surface area contributed by atoms with E-state index in [1.807, 2.05) is 19.9 Å². The van der Waals surface area contributed by atoms with Gasteiger partial charge in [0.15, 0.2) is 11.6 Å². The van der Waals surface area contributed by atoms with Gasteiger partial charge in [-0.15, -0.1) is 10.2 Å².